The van der Waals surface area contributed by atoms with Gasteiger partial charge >= 0.3 is 0 Å². The van der Waals surface area contributed by atoms with Gasteiger partial charge < -0.3 is 10.0 Å². The van der Waals surface area contributed by atoms with Crippen LogP contribution in [0.3, 0.4) is 0 Å². The maximum atomic E-state index is 10.6. The second-order valence-corrected chi connectivity index (χ2v) is 6.15. The highest BCUT2D eigenvalue weighted by Crippen LogP contribution is 2.32. The van der Waals surface area contributed by atoms with Crippen molar-refractivity contribution in [2.75, 3.05) is 20.6 Å². The smallest absolute Gasteiger partial charge is 0.124 e. The van der Waals surface area contributed by atoms with Gasteiger partial charge in [0.1, 0.15) is 6.10 Å². The lowest BCUT2D eigenvalue weighted by atomic mass is 10.0. The van der Waals surface area contributed by atoms with Crippen LogP contribution in [0.1, 0.15) is 22.9 Å². The number of halogens is 2. The number of hydrogen-bond donors (Lipinski definition) is 1. The van der Waals surface area contributed by atoms with E-state index in [4.69, 9.17) is 23.2 Å². The van der Waals surface area contributed by atoms with Crippen LogP contribution in [-0.4, -0.2) is 40.4 Å². The fraction of sp³-hybridized carbons (Fsp3) is 0.400. The van der Waals surface area contributed by atoms with Crippen LogP contribution in [-0.2, 0) is 6.54 Å². The predicted octanol–water partition coefficient (Wildman–Crippen LogP) is 3.14. The molecule has 1 aromatic carbocycles. The molecule has 0 aliphatic rings. The molecule has 21 heavy (non-hydrogen) atoms. The average molecular weight is 328 g/mol. The molecule has 1 aromatic heterocycles. The summed E-state index contributed by atoms with van der Waals surface area (Å²) in [7, 11) is 3.97. The fourth-order valence-electron chi connectivity index (χ4n) is 2.12. The fourth-order valence-corrected chi connectivity index (χ4v) is 2.70. The van der Waals surface area contributed by atoms with Gasteiger partial charge in [0.25, 0.3) is 0 Å². The Bertz CT molecular complexity index is 625. The first-order chi connectivity index (χ1) is 9.90. The third-order valence-corrected chi connectivity index (χ3v) is 3.92. The van der Waals surface area contributed by atoms with E-state index in [1.807, 2.05) is 44.1 Å². The van der Waals surface area contributed by atoms with Crippen LogP contribution < -0.4 is 0 Å². The molecule has 0 amide bonds. The van der Waals surface area contributed by atoms with E-state index in [2.05, 4.69) is 5.10 Å². The van der Waals surface area contributed by atoms with Gasteiger partial charge in [0.2, 0.25) is 0 Å². The van der Waals surface area contributed by atoms with E-state index < -0.39 is 6.10 Å². The van der Waals surface area contributed by atoms with E-state index in [1.54, 1.807) is 10.9 Å². The van der Waals surface area contributed by atoms with Crippen LogP contribution in [0.25, 0.3) is 0 Å². The van der Waals surface area contributed by atoms with Gasteiger partial charge in [0, 0.05) is 17.1 Å². The number of nitrogens with zero attached hydrogens (tertiary/aromatic N) is 3. The Balaban J connectivity index is 2.34. The van der Waals surface area contributed by atoms with Crippen molar-refractivity contribution in [1.29, 1.82) is 0 Å². The standard InChI is InChI=1S/C15H19Cl2N3O/c1-10-4-5-11(12(16)8-10)15(21)14-13(17)9-18-20(14)7-6-19(2)3/h4-5,8-9,15,21H,6-7H2,1-3H3. The molecule has 0 saturated carbocycles. The number of aromatic nitrogens is 2. The van der Waals surface area contributed by atoms with Gasteiger partial charge in [-0.1, -0.05) is 35.3 Å². The first-order valence-corrected chi connectivity index (χ1v) is 7.45. The highest BCUT2D eigenvalue weighted by Gasteiger charge is 2.22. The molecule has 1 unspecified atom stereocenters. The lowest BCUT2D eigenvalue weighted by Gasteiger charge is -2.17. The van der Waals surface area contributed by atoms with Crippen LogP contribution in [0.5, 0.6) is 0 Å². The van der Waals surface area contributed by atoms with Crippen molar-refractivity contribution in [2.45, 2.75) is 19.6 Å². The molecule has 0 aliphatic carbocycles. The van der Waals surface area contributed by atoms with E-state index in [-0.39, 0.29) is 0 Å². The maximum absolute atomic E-state index is 10.6. The summed E-state index contributed by atoms with van der Waals surface area (Å²) in [6.07, 6.45) is 0.660. The molecule has 2 aromatic rings. The van der Waals surface area contributed by atoms with Crippen LogP contribution in [0.4, 0.5) is 0 Å². The Morgan fingerprint density at radius 1 is 1.29 bits per heavy atom. The molecule has 114 valence electrons. The second-order valence-electron chi connectivity index (χ2n) is 5.33. The predicted molar refractivity (Wildman–Crippen MR) is 86.0 cm³/mol. The number of rotatable bonds is 5. The minimum Gasteiger partial charge on any atom is -0.382 e. The lowest BCUT2D eigenvalue weighted by molar-refractivity contribution is 0.206. The Hall–Kier alpha value is -1.07. The number of aliphatic hydroxyl groups excluding tert-OH is 1. The summed E-state index contributed by atoms with van der Waals surface area (Å²) in [5.41, 5.74) is 2.25. The van der Waals surface area contributed by atoms with E-state index >= 15 is 0 Å². The topological polar surface area (TPSA) is 41.3 Å². The first kappa shape index (κ1) is 16.3. The summed E-state index contributed by atoms with van der Waals surface area (Å²) in [5, 5.41) is 15.8. The summed E-state index contributed by atoms with van der Waals surface area (Å²) in [6.45, 7) is 3.41. The number of aliphatic hydroxyl groups is 1. The molecule has 0 aliphatic heterocycles. The molecule has 2 rings (SSSR count). The Labute approximate surface area is 134 Å². The van der Waals surface area contributed by atoms with Crippen LogP contribution in [0.15, 0.2) is 24.4 Å². The normalized spacial score (nSPS) is 12.9. The molecule has 0 radical (unpaired) electrons. The van der Waals surface area contributed by atoms with E-state index in [0.717, 1.165) is 12.1 Å². The number of aryl methyl sites for hydroxylation is 1. The van der Waals surface area contributed by atoms with Gasteiger partial charge in [-0.25, -0.2) is 0 Å². The first-order valence-electron chi connectivity index (χ1n) is 6.70. The Kier molecular flexibility index (Phi) is 5.27. The Morgan fingerprint density at radius 3 is 2.62 bits per heavy atom. The summed E-state index contributed by atoms with van der Waals surface area (Å²) in [4.78, 5) is 2.05. The molecule has 0 fully saturated rings. The van der Waals surface area contributed by atoms with Crippen molar-refractivity contribution in [1.82, 2.24) is 14.7 Å². The highest BCUT2D eigenvalue weighted by atomic mass is 35.5. The molecular weight excluding hydrogens is 309 g/mol. The average Bonchev–Trinajstić information content (AvgIpc) is 2.77. The van der Waals surface area contributed by atoms with Gasteiger partial charge in [-0.3, -0.25) is 4.68 Å². The zero-order valence-corrected chi connectivity index (χ0v) is 13.9. The Morgan fingerprint density at radius 2 is 2.00 bits per heavy atom. The van der Waals surface area contributed by atoms with Crippen LogP contribution in [0.2, 0.25) is 10.0 Å². The molecule has 0 saturated heterocycles. The molecular formula is C15H19Cl2N3O. The molecule has 1 N–H and O–H groups in total. The minimum absolute atomic E-state index is 0.442. The summed E-state index contributed by atoms with van der Waals surface area (Å²) in [5.74, 6) is 0. The van der Waals surface area contributed by atoms with Gasteiger partial charge in [-0.05, 0) is 32.6 Å². The maximum Gasteiger partial charge on any atom is 0.124 e. The summed E-state index contributed by atoms with van der Waals surface area (Å²) >= 11 is 12.4. The van der Waals surface area contributed by atoms with E-state index in [9.17, 15) is 5.11 Å². The van der Waals surface area contributed by atoms with E-state index in [0.29, 0.717) is 27.8 Å². The lowest BCUT2D eigenvalue weighted by Crippen LogP contribution is -2.21. The summed E-state index contributed by atoms with van der Waals surface area (Å²) < 4.78 is 1.73. The highest BCUT2D eigenvalue weighted by molar-refractivity contribution is 6.32. The van der Waals surface area contributed by atoms with Gasteiger partial charge in [0.05, 0.1) is 23.5 Å². The van der Waals surface area contributed by atoms with Gasteiger partial charge in [-0.2, -0.15) is 5.10 Å². The van der Waals surface area contributed by atoms with Crippen molar-refractivity contribution >= 4 is 23.2 Å². The quantitative estimate of drug-likeness (QED) is 0.917. The number of hydrogen-bond acceptors (Lipinski definition) is 3. The van der Waals surface area contributed by atoms with Gasteiger partial charge in [-0.15, -0.1) is 0 Å². The molecule has 6 heteroatoms. The molecule has 4 nitrogen and oxygen atoms in total. The third-order valence-electron chi connectivity index (χ3n) is 3.30. The zero-order valence-electron chi connectivity index (χ0n) is 12.3. The SMILES string of the molecule is Cc1ccc(C(O)c2c(Cl)cnn2CCN(C)C)c(Cl)c1. The van der Waals surface area contributed by atoms with Crippen LogP contribution >= 0.6 is 23.2 Å². The van der Waals surface area contributed by atoms with Gasteiger partial charge in [0.15, 0.2) is 0 Å². The molecule has 1 atom stereocenters. The number of benzene rings is 1. The third kappa shape index (κ3) is 3.77. The minimum atomic E-state index is -0.893. The number of likely N-dealkylation sites (N-methyl/N-ethyl adjacent to an activating group) is 1. The molecule has 0 bridgehead atoms. The second kappa shape index (κ2) is 6.79. The summed E-state index contributed by atoms with van der Waals surface area (Å²) in [6, 6.07) is 5.56. The van der Waals surface area contributed by atoms with Crippen molar-refractivity contribution in [3.63, 3.8) is 0 Å². The van der Waals surface area contributed by atoms with Crippen molar-refractivity contribution in [2.24, 2.45) is 0 Å². The molecule has 1 heterocycles. The largest absolute Gasteiger partial charge is 0.382 e. The van der Waals surface area contributed by atoms with Crippen molar-refractivity contribution in [3.8, 4) is 0 Å². The van der Waals surface area contributed by atoms with Crippen LogP contribution in [0, 0.1) is 6.92 Å². The van der Waals surface area contributed by atoms with Crippen molar-refractivity contribution in [3.05, 3.63) is 51.3 Å². The van der Waals surface area contributed by atoms with E-state index in [1.165, 1.54) is 0 Å². The zero-order chi connectivity index (χ0) is 15.6. The molecule has 0 spiro atoms. The monoisotopic (exact) mass is 327 g/mol. The van der Waals surface area contributed by atoms with Crippen molar-refractivity contribution < 1.29 is 5.11 Å².